The average Bonchev–Trinajstić information content (AvgIpc) is 2.10. The molecule has 0 aliphatic heterocycles. The molecular weight excluding hydrogens is 260 g/mol. The van der Waals surface area contributed by atoms with Gasteiger partial charge in [-0.25, -0.2) is 4.98 Å². The molecule has 1 aromatic heterocycles. The lowest BCUT2D eigenvalue weighted by Gasteiger charge is -2.08. The van der Waals surface area contributed by atoms with Crippen molar-refractivity contribution in [3.8, 4) is 0 Å². The first kappa shape index (κ1) is 12.2. The minimum atomic E-state index is 0.236. The fourth-order valence-corrected chi connectivity index (χ4v) is 1.37. The molecule has 15 heavy (non-hydrogen) atoms. The first-order valence-electron chi connectivity index (χ1n) is 4.73. The Morgan fingerprint density at radius 2 is 2.27 bits per heavy atom. The van der Waals surface area contributed by atoms with Gasteiger partial charge in [-0.15, -0.1) is 0 Å². The highest BCUT2D eigenvalue weighted by molar-refractivity contribution is 9.10. The second kappa shape index (κ2) is 5.87. The lowest BCUT2D eigenvalue weighted by Crippen LogP contribution is -2.15. The maximum atomic E-state index is 5.56. The summed E-state index contributed by atoms with van der Waals surface area (Å²) < 4.78 is 6.03. The maximum absolute atomic E-state index is 5.56. The molecule has 3 N–H and O–H groups in total. The third kappa shape index (κ3) is 4.94. The van der Waals surface area contributed by atoms with Gasteiger partial charge in [-0.05, 0) is 29.8 Å². The van der Waals surface area contributed by atoms with Crippen LogP contribution < -0.4 is 11.1 Å². The molecule has 0 saturated carbocycles. The van der Waals surface area contributed by atoms with Crippen molar-refractivity contribution in [1.29, 1.82) is 0 Å². The number of halogens is 1. The van der Waals surface area contributed by atoms with Gasteiger partial charge in [0, 0.05) is 12.6 Å². The van der Waals surface area contributed by atoms with E-state index in [2.05, 4.69) is 31.2 Å². The second-order valence-corrected chi connectivity index (χ2v) is 4.10. The molecule has 0 aliphatic carbocycles. The summed E-state index contributed by atoms with van der Waals surface area (Å²) in [5.41, 5.74) is 5.56. The van der Waals surface area contributed by atoms with E-state index in [4.69, 9.17) is 10.5 Å². The summed E-state index contributed by atoms with van der Waals surface area (Å²) in [5, 5.41) is 3.02. The molecule has 0 unspecified atom stereocenters. The largest absolute Gasteiger partial charge is 0.383 e. The van der Waals surface area contributed by atoms with Gasteiger partial charge in [0.1, 0.15) is 10.4 Å². The number of nitrogen functional groups attached to an aromatic ring is 1. The van der Waals surface area contributed by atoms with Crippen molar-refractivity contribution in [3.63, 3.8) is 0 Å². The van der Waals surface area contributed by atoms with Crippen LogP contribution >= 0.6 is 15.9 Å². The number of nitrogens with two attached hydrogens (primary N) is 1. The second-order valence-electron chi connectivity index (χ2n) is 3.29. The molecule has 1 aromatic rings. The number of hydrogen-bond acceptors (Lipinski definition) is 5. The third-order valence-corrected chi connectivity index (χ3v) is 1.96. The molecular formula is C9H15BrN4O. The van der Waals surface area contributed by atoms with Gasteiger partial charge in [0.15, 0.2) is 0 Å². The van der Waals surface area contributed by atoms with E-state index in [-0.39, 0.29) is 6.10 Å². The van der Waals surface area contributed by atoms with Crippen molar-refractivity contribution in [2.75, 3.05) is 24.2 Å². The number of aromatic nitrogens is 2. The molecule has 0 spiro atoms. The molecule has 0 amide bonds. The Bertz CT molecular complexity index is 299. The van der Waals surface area contributed by atoms with Crippen LogP contribution in [-0.2, 0) is 4.74 Å². The molecule has 0 radical (unpaired) electrons. The van der Waals surface area contributed by atoms with E-state index in [0.717, 1.165) is 0 Å². The van der Waals surface area contributed by atoms with Crippen LogP contribution in [0.1, 0.15) is 13.8 Å². The van der Waals surface area contributed by atoms with Gasteiger partial charge < -0.3 is 15.8 Å². The van der Waals surface area contributed by atoms with Gasteiger partial charge in [-0.3, -0.25) is 0 Å². The summed E-state index contributed by atoms with van der Waals surface area (Å²) in [6.45, 7) is 5.27. The molecule has 0 atom stereocenters. The summed E-state index contributed by atoms with van der Waals surface area (Å²) in [6, 6.07) is 1.65. The van der Waals surface area contributed by atoms with Crippen LogP contribution in [0.5, 0.6) is 0 Å². The third-order valence-electron chi connectivity index (χ3n) is 1.55. The van der Waals surface area contributed by atoms with Crippen molar-refractivity contribution < 1.29 is 4.74 Å². The number of nitrogens with zero attached hydrogens (tertiary/aromatic N) is 2. The predicted octanol–water partition coefficient (Wildman–Crippen LogP) is 1.66. The first-order valence-corrected chi connectivity index (χ1v) is 5.53. The molecule has 0 bridgehead atoms. The van der Waals surface area contributed by atoms with Gasteiger partial charge in [0.2, 0.25) is 5.95 Å². The van der Waals surface area contributed by atoms with E-state index >= 15 is 0 Å². The van der Waals surface area contributed by atoms with E-state index in [0.29, 0.717) is 29.5 Å². The Morgan fingerprint density at radius 3 is 2.87 bits per heavy atom. The zero-order valence-electron chi connectivity index (χ0n) is 8.83. The number of rotatable bonds is 5. The van der Waals surface area contributed by atoms with E-state index in [9.17, 15) is 0 Å². The van der Waals surface area contributed by atoms with E-state index in [1.807, 2.05) is 13.8 Å². The van der Waals surface area contributed by atoms with Crippen LogP contribution in [0.2, 0.25) is 0 Å². The SMILES string of the molecule is CC(C)OCCNc1nc(N)cc(Br)n1. The standard InChI is InChI=1S/C9H15BrN4O/c1-6(2)15-4-3-12-9-13-7(10)5-8(11)14-9/h5-6H,3-4H2,1-2H3,(H3,11,12,13,14). The van der Waals surface area contributed by atoms with Crippen molar-refractivity contribution in [2.24, 2.45) is 0 Å². The highest BCUT2D eigenvalue weighted by Gasteiger charge is 2.00. The lowest BCUT2D eigenvalue weighted by molar-refractivity contribution is 0.0870. The minimum absolute atomic E-state index is 0.236. The quantitative estimate of drug-likeness (QED) is 0.631. The average molecular weight is 275 g/mol. The number of hydrogen-bond donors (Lipinski definition) is 2. The molecule has 0 fully saturated rings. The molecule has 0 aromatic carbocycles. The Hall–Kier alpha value is -0.880. The van der Waals surface area contributed by atoms with Crippen LogP contribution in [0.4, 0.5) is 11.8 Å². The smallest absolute Gasteiger partial charge is 0.225 e. The lowest BCUT2D eigenvalue weighted by atomic mass is 10.5. The Morgan fingerprint density at radius 1 is 1.53 bits per heavy atom. The Labute approximate surface area is 97.6 Å². The van der Waals surface area contributed by atoms with E-state index in [1.165, 1.54) is 0 Å². The van der Waals surface area contributed by atoms with Crippen LogP contribution in [-0.4, -0.2) is 29.2 Å². The molecule has 1 heterocycles. The fourth-order valence-electron chi connectivity index (χ4n) is 0.972. The highest BCUT2D eigenvalue weighted by Crippen LogP contribution is 2.11. The molecule has 5 nitrogen and oxygen atoms in total. The van der Waals surface area contributed by atoms with Gasteiger partial charge in [-0.2, -0.15) is 4.98 Å². The van der Waals surface area contributed by atoms with Gasteiger partial charge in [0.05, 0.1) is 12.7 Å². The van der Waals surface area contributed by atoms with Crippen molar-refractivity contribution in [2.45, 2.75) is 20.0 Å². The van der Waals surface area contributed by atoms with Crippen LogP contribution in [0, 0.1) is 0 Å². The topological polar surface area (TPSA) is 73.1 Å². The Kier molecular flexibility index (Phi) is 4.77. The van der Waals surface area contributed by atoms with Crippen molar-refractivity contribution >= 4 is 27.7 Å². The van der Waals surface area contributed by atoms with Gasteiger partial charge in [0.25, 0.3) is 0 Å². The normalized spacial score (nSPS) is 10.7. The molecule has 84 valence electrons. The highest BCUT2D eigenvalue weighted by atomic mass is 79.9. The number of ether oxygens (including phenoxy) is 1. The van der Waals surface area contributed by atoms with Gasteiger partial charge in [-0.1, -0.05) is 0 Å². The molecule has 0 saturated heterocycles. The van der Waals surface area contributed by atoms with Crippen molar-refractivity contribution in [1.82, 2.24) is 9.97 Å². The van der Waals surface area contributed by atoms with E-state index in [1.54, 1.807) is 6.07 Å². The summed E-state index contributed by atoms with van der Waals surface area (Å²) in [4.78, 5) is 8.13. The fraction of sp³-hybridized carbons (Fsp3) is 0.556. The minimum Gasteiger partial charge on any atom is -0.383 e. The van der Waals surface area contributed by atoms with Crippen molar-refractivity contribution in [3.05, 3.63) is 10.7 Å². The molecule has 1 rings (SSSR count). The maximum Gasteiger partial charge on any atom is 0.225 e. The molecule has 0 aliphatic rings. The molecule has 6 heteroatoms. The van der Waals surface area contributed by atoms with Gasteiger partial charge >= 0.3 is 0 Å². The summed E-state index contributed by atoms with van der Waals surface area (Å²) in [6.07, 6.45) is 0.236. The summed E-state index contributed by atoms with van der Waals surface area (Å²) >= 11 is 3.24. The monoisotopic (exact) mass is 274 g/mol. The van der Waals surface area contributed by atoms with Crippen LogP contribution in [0.25, 0.3) is 0 Å². The number of anilines is 2. The van der Waals surface area contributed by atoms with Crippen LogP contribution in [0.3, 0.4) is 0 Å². The summed E-state index contributed by atoms with van der Waals surface area (Å²) in [7, 11) is 0. The zero-order chi connectivity index (χ0) is 11.3. The Balaban J connectivity index is 2.37. The zero-order valence-corrected chi connectivity index (χ0v) is 10.4. The predicted molar refractivity (Wildman–Crippen MR) is 63.7 cm³/mol. The first-order chi connectivity index (χ1) is 7.08. The van der Waals surface area contributed by atoms with Crippen LogP contribution in [0.15, 0.2) is 10.7 Å². The summed E-state index contributed by atoms with van der Waals surface area (Å²) in [5.74, 6) is 0.943. The number of nitrogens with one attached hydrogen (secondary N) is 1. The van der Waals surface area contributed by atoms with E-state index < -0.39 is 0 Å².